The molecule has 6 heteroatoms. The molecular formula is C24H30N6. The van der Waals surface area contributed by atoms with E-state index in [2.05, 4.69) is 49.8 Å². The first-order chi connectivity index (χ1) is 14.8. The number of nitrogens with zero attached hydrogens (tertiary/aromatic N) is 3. The lowest BCUT2D eigenvalue weighted by Crippen LogP contribution is -2.33. The first-order valence-electron chi connectivity index (χ1n) is 10.7. The molecule has 1 aliphatic heterocycles. The highest BCUT2D eigenvalue weighted by Gasteiger charge is 2.17. The van der Waals surface area contributed by atoms with Crippen LogP contribution >= 0.6 is 0 Å². The fourth-order valence-corrected chi connectivity index (χ4v) is 3.95. The van der Waals surface area contributed by atoms with Gasteiger partial charge in [0.1, 0.15) is 12.0 Å². The first-order valence-corrected chi connectivity index (χ1v) is 10.7. The fraction of sp³-hybridized carbons (Fsp3) is 0.333. The van der Waals surface area contributed by atoms with Crippen LogP contribution in [0.2, 0.25) is 0 Å². The van der Waals surface area contributed by atoms with E-state index >= 15 is 0 Å². The van der Waals surface area contributed by atoms with Crippen molar-refractivity contribution in [2.75, 3.05) is 42.5 Å². The first kappa shape index (κ1) is 20.2. The molecule has 0 saturated carbocycles. The van der Waals surface area contributed by atoms with Gasteiger partial charge in [0.15, 0.2) is 11.6 Å². The highest BCUT2D eigenvalue weighted by molar-refractivity contribution is 5.74. The Hall–Kier alpha value is -3.12. The van der Waals surface area contributed by atoms with Crippen LogP contribution in [0.25, 0.3) is 0 Å². The zero-order valence-electron chi connectivity index (χ0n) is 17.3. The van der Waals surface area contributed by atoms with E-state index in [0.29, 0.717) is 17.3 Å². The number of nitrogens with two attached hydrogens (primary N) is 1. The van der Waals surface area contributed by atoms with Gasteiger partial charge in [0.2, 0.25) is 0 Å². The Bertz CT molecular complexity index is 870. The van der Waals surface area contributed by atoms with E-state index in [9.17, 15) is 0 Å². The molecule has 4 rings (SSSR count). The number of nitrogen functional groups attached to an aromatic ring is 1. The summed E-state index contributed by atoms with van der Waals surface area (Å²) in [6.45, 7) is 4.19. The highest BCUT2D eigenvalue weighted by Crippen LogP contribution is 2.30. The normalized spacial score (nSPS) is 14.6. The number of nitrogens with one attached hydrogen (secondary N) is 2. The molecule has 0 amide bonds. The summed E-state index contributed by atoms with van der Waals surface area (Å²) in [6, 6.07) is 20.6. The smallest absolute Gasteiger partial charge is 0.155 e. The molecule has 1 fully saturated rings. The summed E-state index contributed by atoms with van der Waals surface area (Å²) in [5, 5.41) is 6.93. The third-order valence-electron chi connectivity index (χ3n) is 5.60. The Kier molecular flexibility index (Phi) is 6.77. The van der Waals surface area contributed by atoms with E-state index in [1.54, 1.807) is 6.33 Å². The van der Waals surface area contributed by atoms with Crippen LogP contribution in [0.5, 0.6) is 0 Å². The average molecular weight is 403 g/mol. The van der Waals surface area contributed by atoms with Crippen molar-refractivity contribution in [3.8, 4) is 0 Å². The largest absolute Gasteiger partial charge is 0.393 e. The maximum absolute atomic E-state index is 6.44. The van der Waals surface area contributed by atoms with Gasteiger partial charge in [-0.3, -0.25) is 0 Å². The van der Waals surface area contributed by atoms with E-state index in [1.165, 1.54) is 32.4 Å². The Balaban J connectivity index is 1.49. The van der Waals surface area contributed by atoms with Crippen LogP contribution < -0.4 is 16.4 Å². The topological polar surface area (TPSA) is 79.1 Å². The lowest BCUT2D eigenvalue weighted by Gasteiger charge is -2.26. The second-order valence-electron chi connectivity index (χ2n) is 7.71. The lowest BCUT2D eigenvalue weighted by molar-refractivity contribution is 0.237. The molecule has 0 spiro atoms. The molecular weight excluding hydrogens is 372 g/mol. The molecule has 1 aromatic heterocycles. The summed E-state index contributed by atoms with van der Waals surface area (Å²) in [5.41, 5.74) is 9.30. The van der Waals surface area contributed by atoms with Crippen molar-refractivity contribution in [2.45, 2.75) is 25.3 Å². The monoisotopic (exact) mass is 402 g/mol. The van der Waals surface area contributed by atoms with Crippen LogP contribution in [0.4, 0.5) is 17.3 Å². The Morgan fingerprint density at radius 3 is 2.07 bits per heavy atom. The van der Waals surface area contributed by atoms with E-state index < -0.39 is 0 Å². The van der Waals surface area contributed by atoms with Crippen LogP contribution in [0.1, 0.15) is 36.4 Å². The molecule has 1 aliphatic rings. The van der Waals surface area contributed by atoms with Crippen LogP contribution in [-0.4, -0.2) is 41.0 Å². The molecule has 0 aliphatic carbocycles. The number of rotatable bonds is 8. The number of anilines is 3. The van der Waals surface area contributed by atoms with Gasteiger partial charge in [0, 0.05) is 13.1 Å². The highest BCUT2D eigenvalue weighted by atomic mass is 15.2. The molecule has 0 unspecified atom stereocenters. The van der Waals surface area contributed by atoms with E-state index in [0.717, 1.165) is 24.2 Å². The van der Waals surface area contributed by atoms with Crippen LogP contribution in [0.3, 0.4) is 0 Å². The second kappa shape index (κ2) is 10.1. The van der Waals surface area contributed by atoms with Gasteiger partial charge in [-0.05, 0) is 37.1 Å². The maximum Gasteiger partial charge on any atom is 0.155 e. The minimum absolute atomic E-state index is 0.0502. The molecule has 2 heterocycles. The van der Waals surface area contributed by atoms with Crippen molar-refractivity contribution in [2.24, 2.45) is 0 Å². The SMILES string of the molecule is Nc1c(NCCN2CCCCC2)ncnc1NC(c1ccccc1)c1ccccc1. The van der Waals surface area contributed by atoms with Crippen molar-refractivity contribution in [1.82, 2.24) is 14.9 Å². The molecule has 2 aromatic carbocycles. The predicted octanol–water partition coefficient (Wildman–Crippen LogP) is 4.16. The minimum Gasteiger partial charge on any atom is -0.393 e. The van der Waals surface area contributed by atoms with Gasteiger partial charge in [-0.15, -0.1) is 0 Å². The van der Waals surface area contributed by atoms with Gasteiger partial charge >= 0.3 is 0 Å². The van der Waals surface area contributed by atoms with Crippen molar-refractivity contribution >= 4 is 17.3 Å². The zero-order valence-corrected chi connectivity index (χ0v) is 17.3. The Morgan fingerprint density at radius 2 is 1.43 bits per heavy atom. The number of hydrogen-bond donors (Lipinski definition) is 3. The van der Waals surface area contributed by atoms with Gasteiger partial charge in [-0.2, -0.15) is 0 Å². The second-order valence-corrected chi connectivity index (χ2v) is 7.71. The molecule has 0 atom stereocenters. The van der Waals surface area contributed by atoms with E-state index in [1.807, 2.05) is 36.4 Å². The Morgan fingerprint density at radius 1 is 0.833 bits per heavy atom. The van der Waals surface area contributed by atoms with Crippen molar-refractivity contribution < 1.29 is 0 Å². The number of aromatic nitrogens is 2. The standard InChI is InChI=1S/C24H30N6/c25-21-23(26-14-17-30-15-8-3-9-16-30)27-18-28-24(21)29-22(19-10-4-1-5-11-19)20-12-6-2-7-13-20/h1-2,4-7,10-13,18,22H,3,8-9,14-17,25H2,(H2,26,27,28,29). The minimum atomic E-state index is -0.0502. The summed E-state index contributed by atoms with van der Waals surface area (Å²) in [6.07, 6.45) is 5.50. The number of piperidine rings is 1. The molecule has 4 N–H and O–H groups in total. The molecule has 3 aromatic rings. The summed E-state index contributed by atoms with van der Waals surface area (Å²) in [5.74, 6) is 1.33. The van der Waals surface area contributed by atoms with Gasteiger partial charge in [-0.25, -0.2) is 9.97 Å². The van der Waals surface area contributed by atoms with Gasteiger partial charge in [0.05, 0.1) is 6.04 Å². The van der Waals surface area contributed by atoms with E-state index in [4.69, 9.17) is 5.73 Å². The van der Waals surface area contributed by atoms with Crippen molar-refractivity contribution in [1.29, 1.82) is 0 Å². The number of likely N-dealkylation sites (tertiary alicyclic amines) is 1. The molecule has 1 saturated heterocycles. The van der Waals surface area contributed by atoms with Gasteiger partial charge < -0.3 is 21.3 Å². The van der Waals surface area contributed by atoms with Gasteiger partial charge in [-0.1, -0.05) is 67.1 Å². The van der Waals surface area contributed by atoms with Crippen LogP contribution in [0, 0.1) is 0 Å². The summed E-state index contributed by atoms with van der Waals surface area (Å²) >= 11 is 0. The van der Waals surface area contributed by atoms with Crippen LogP contribution in [0.15, 0.2) is 67.0 Å². The summed E-state index contributed by atoms with van der Waals surface area (Å²) in [7, 11) is 0. The maximum atomic E-state index is 6.44. The third kappa shape index (κ3) is 5.07. The molecule has 0 radical (unpaired) electrons. The third-order valence-corrected chi connectivity index (χ3v) is 5.60. The quantitative estimate of drug-likeness (QED) is 0.525. The van der Waals surface area contributed by atoms with Crippen molar-refractivity contribution in [3.63, 3.8) is 0 Å². The molecule has 156 valence electrons. The lowest BCUT2D eigenvalue weighted by atomic mass is 9.99. The predicted molar refractivity (Wildman–Crippen MR) is 124 cm³/mol. The summed E-state index contributed by atoms with van der Waals surface area (Å²) < 4.78 is 0. The average Bonchev–Trinajstić information content (AvgIpc) is 2.81. The van der Waals surface area contributed by atoms with Crippen LogP contribution in [-0.2, 0) is 0 Å². The molecule has 6 nitrogen and oxygen atoms in total. The number of hydrogen-bond acceptors (Lipinski definition) is 6. The summed E-state index contributed by atoms with van der Waals surface area (Å²) in [4.78, 5) is 11.3. The number of benzene rings is 2. The Labute approximate surface area is 178 Å². The van der Waals surface area contributed by atoms with E-state index in [-0.39, 0.29) is 6.04 Å². The molecule has 0 bridgehead atoms. The van der Waals surface area contributed by atoms with Gasteiger partial charge in [0.25, 0.3) is 0 Å². The molecule has 30 heavy (non-hydrogen) atoms. The fourth-order valence-electron chi connectivity index (χ4n) is 3.95. The zero-order chi connectivity index (χ0) is 20.6. The van der Waals surface area contributed by atoms with Crippen molar-refractivity contribution in [3.05, 3.63) is 78.1 Å².